The number of hydrogen-bond acceptors (Lipinski definition) is 3. The van der Waals surface area contributed by atoms with Crippen molar-refractivity contribution in [1.29, 1.82) is 0 Å². The van der Waals surface area contributed by atoms with E-state index in [2.05, 4.69) is 4.98 Å². The molecule has 0 aliphatic rings. The average molecular weight is 274 g/mol. The van der Waals surface area contributed by atoms with Crippen molar-refractivity contribution in [2.45, 2.75) is 19.9 Å². The molecule has 106 valence electrons. The molecule has 0 atom stereocenters. The molecule has 0 spiro atoms. The fourth-order valence-electron chi connectivity index (χ4n) is 2.27. The summed E-state index contributed by atoms with van der Waals surface area (Å²) in [6.45, 7) is 3.19. The number of nitrogens with zero attached hydrogens (tertiary/aromatic N) is 2. The molecule has 0 unspecified atom stereocenters. The number of ether oxygens (including phenoxy) is 1. The quantitative estimate of drug-likeness (QED) is 0.822. The molecule has 5 heteroatoms. The van der Waals surface area contributed by atoms with Crippen molar-refractivity contribution in [2.75, 3.05) is 13.7 Å². The molecule has 0 aliphatic heterocycles. The van der Waals surface area contributed by atoms with Gasteiger partial charge in [0.05, 0.1) is 11.3 Å². The van der Waals surface area contributed by atoms with Gasteiger partial charge in [-0.25, -0.2) is 4.79 Å². The monoisotopic (exact) mass is 274 g/mol. The van der Waals surface area contributed by atoms with Crippen molar-refractivity contribution < 1.29 is 14.6 Å². The highest BCUT2D eigenvalue weighted by molar-refractivity contribution is 5.91. The maximum atomic E-state index is 11.3. The smallest absolute Gasteiger partial charge is 0.337 e. The summed E-state index contributed by atoms with van der Waals surface area (Å²) < 4.78 is 7.07. The van der Waals surface area contributed by atoms with Gasteiger partial charge in [0.15, 0.2) is 0 Å². The highest BCUT2D eigenvalue weighted by Crippen LogP contribution is 2.25. The molecule has 0 aliphatic carbocycles. The van der Waals surface area contributed by atoms with Gasteiger partial charge in [0, 0.05) is 43.9 Å². The van der Waals surface area contributed by atoms with Gasteiger partial charge in [-0.05, 0) is 31.5 Å². The van der Waals surface area contributed by atoms with Crippen LogP contribution in [0.4, 0.5) is 0 Å². The van der Waals surface area contributed by atoms with E-state index >= 15 is 0 Å². The Balaban J connectivity index is 2.43. The van der Waals surface area contributed by atoms with E-state index in [1.807, 2.05) is 23.6 Å². The maximum absolute atomic E-state index is 11.3. The van der Waals surface area contributed by atoms with E-state index in [-0.39, 0.29) is 0 Å². The summed E-state index contributed by atoms with van der Waals surface area (Å²) in [6.07, 6.45) is 4.28. The Hall–Kier alpha value is -2.14. The molecule has 20 heavy (non-hydrogen) atoms. The van der Waals surface area contributed by atoms with Crippen LogP contribution >= 0.6 is 0 Å². The minimum Gasteiger partial charge on any atom is -0.478 e. The standard InChI is InChI=1S/C15H18N2O3/c1-11-13(15(18)19)9-14(12-5-3-6-16-10-12)17(11)7-4-8-20-2/h3,5-6,9-10H,4,7-8H2,1-2H3,(H,18,19). The molecule has 2 aromatic heterocycles. The third-order valence-electron chi connectivity index (χ3n) is 3.28. The van der Waals surface area contributed by atoms with Crippen molar-refractivity contribution in [3.63, 3.8) is 0 Å². The van der Waals surface area contributed by atoms with Crippen LogP contribution in [0.15, 0.2) is 30.6 Å². The molecule has 0 radical (unpaired) electrons. The Bertz CT molecular complexity index is 591. The number of carboxylic acids is 1. The molecule has 0 bridgehead atoms. The van der Waals surface area contributed by atoms with Gasteiger partial charge < -0.3 is 14.4 Å². The minimum absolute atomic E-state index is 0.335. The summed E-state index contributed by atoms with van der Waals surface area (Å²) in [6, 6.07) is 5.49. The summed E-state index contributed by atoms with van der Waals surface area (Å²) in [4.78, 5) is 15.4. The number of rotatable bonds is 6. The predicted molar refractivity (Wildman–Crippen MR) is 75.9 cm³/mol. The van der Waals surface area contributed by atoms with Crippen LogP contribution in [0.1, 0.15) is 22.5 Å². The first-order valence-electron chi connectivity index (χ1n) is 6.48. The fourth-order valence-corrected chi connectivity index (χ4v) is 2.27. The second-order valence-corrected chi connectivity index (χ2v) is 4.57. The molecule has 5 nitrogen and oxygen atoms in total. The van der Waals surface area contributed by atoms with Crippen LogP contribution in [0, 0.1) is 6.92 Å². The number of aromatic carboxylic acids is 1. The number of methoxy groups -OCH3 is 1. The van der Waals surface area contributed by atoms with Crippen LogP contribution in [-0.4, -0.2) is 34.3 Å². The van der Waals surface area contributed by atoms with E-state index in [4.69, 9.17) is 4.74 Å². The lowest BCUT2D eigenvalue weighted by Gasteiger charge is -2.11. The zero-order valence-corrected chi connectivity index (χ0v) is 11.7. The second-order valence-electron chi connectivity index (χ2n) is 4.57. The number of carboxylic acid groups (broad SMARTS) is 1. The van der Waals surface area contributed by atoms with Gasteiger partial charge >= 0.3 is 5.97 Å². The highest BCUT2D eigenvalue weighted by atomic mass is 16.5. The molecule has 0 saturated heterocycles. The first kappa shape index (κ1) is 14.3. The van der Waals surface area contributed by atoms with Crippen molar-refractivity contribution in [3.05, 3.63) is 41.9 Å². The van der Waals surface area contributed by atoms with Gasteiger partial charge in [0.1, 0.15) is 0 Å². The molecule has 1 N–H and O–H groups in total. The summed E-state index contributed by atoms with van der Waals surface area (Å²) in [7, 11) is 1.66. The number of aromatic nitrogens is 2. The lowest BCUT2D eigenvalue weighted by Crippen LogP contribution is -2.06. The van der Waals surface area contributed by atoms with Gasteiger partial charge in [0.2, 0.25) is 0 Å². The average Bonchev–Trinajstić information content (AvgIpc) is 2.78. The second kappa shape index (κ2) is 6.34. The van der Waals surface area contributed by atoms with Gasteiger partial charge in [0.25, 0.3) is 0 Å². The number of hydrogen-bond donors (Lipinski definition) is 1. The lowest BCUT2D eigenvalue weighted by molar-refractivity contribution is 0.0696. The van der Waals surface area contributed by atoms with E-state index in [1.54, 1.807) is 25.6 Å². The molecular formula is C15H18N2O3. The van der Waals surface area contributed by atoms with Gasteiger partial charge in [-0.3, -0.25) is 4.98 Å². The summed E-state index contributed by atoms with van der Waals surface area (Å²) in [5.74, 6) is -0.905. The third-order valence-corrected chi connectivity index (χ3v) is 3.28. The first-order valence-corrected chi connectivity index (χ1v) is 6.48. The molecule has 2 aromatic rings. The van der Waals surface area contributed by atoms with E-state index in [0.717, 1.165) is 29.9 Å². The highest BCUT2D eigenvalue weighted by Gasteiger charge is 2.17. The van der Waals surface area contributed by atoms with Crippen LogP contribution in [0.5, 0.6) is 0 Å². The molecule has 0 amide bonds. The zero-order chi connectivity index (χ0) is 14.5. The Morgan fingerprint density at radius 2 is 2.30 bits per heavy atom. The van der Waals surface area contributed by atoms with Crippen LogP contribution in [-0.2, 0) is 11.3 Å². The minimum atomic E-state index is -0.905. The van der Waals surface area contributed by atoms with Crippen LogP contribution in [0.2, 0.25) is 0 Å². The van der Waals surface area contributed by atoms with E-state index in [0.29, 0.717) is 12.2 Å². The van der Waals surface area contributed by atoms with Gasteiger partial charge in [-0.2, -0.15) is 0 Å². The fraction of sp³-hybridized carbons (Fsp3) is 0.333. The van der Waals surface area contributed by atoms with Crippen molar-refractivity contribution >= 4 is 5.97 Å². The molecule has 2 rings (SSSR count). The Morgan fingerprint density at radius 3 is 2.90 bits per heavy atom. The largest absolute Gasteiger partial charge is 0.478 e. The summed E-state index contributed by atoms with van der Waals surface area (Å²) in [5.41, 5.74) is 2.89. The molecule has 0 fully saturated rings. The van der Waals surface area contributed by atoms with Crippen molar-refractivity contribution in [3.8, 4) is 11.3 Å². The molecular weight excluding hydrogens is 256 g/mol. The molecule has 2 heterocycles. The van der Waals surface area contributed by atoms with Crippen LogP contribution < -0.4 is 0 Å². The SMILES string of the molecule is COCCCn1c(-c2cccnc2)cc(C(=O)O)c1C. The van der Waals surface area contributed by atoms with E-state index in [1.165, 1.54) is 0 Å². The normalized spacial score (nSPS) is 10.7. The predicted octanol–water partition coefficient (Wildman–Crippen LogP) is 2.59. The Labute approximate surface area is 117 Å². The van der Waals surface area contributed by atoms with E-state index in [9.17, 15) is 9.90 Å². The van der Waals surface area contributed by atoms with Crippen LogP contribution in [0.25, 0.3) is 11.3 Å². The maximum Gasteiger partial charge on any atom is 0.337 e. The Kier molecular flexibility index (Phi) is 4.53. The topological polar surface area (TPSA) is 64.4 Å². The lowest BCUT2D eigenvalue weighted by atomic mass is 10.2. The van der Waals surface area contributed by atoms with E-state index < -0.39 is 5.97 Å². The van der Waals surface area contributed by atoms with Crippen LogP contribution in [0.3, 0.4) is 0 Å². The third kappa shape index (κ3) is 2.88. The van der Waals surface area contributed by atoms with Crippen molar-refractivity contribution in [1.82, 2.24) is 9.55 Å². The number of pyridine rings is 1. The van der Waals surface area contributed by atoms with Gasteiger partial charge in [-0.15, -0.1) is 0 Å². The Morgan fingerprint density at radius 1 is 1.50 bits per heavy atom. The summed E-state index contributed by atoms with van der Waals surface area (Å²) in [5, 5.41) is 9.27. The zero-order valence-electron chi connectivity index (χ0n) is 11.7. The molecule has 0 aromatic carbocycles. The molecule has 0 saturated carbocycles. The number of carbonyl (C=O) groups is 1. The van der Waals surface area contributed by atoms with Gasteiger partial charge in [-0.1, -0.05) is 0 Å². The first-order chi connectivity index (χ1) is 9.65. The van der Waals surface area contributed by atoms with Crippen molar-refractivity contribution in [2.24, 2.45) is 0 Å². The summed E-state index contributed by atoms with van der Waals surface area (Å²) >= 11 is 0.